The third-order valence-electron chi connectivity index (χ3n) is 4.04. The number of nitrogens with one attached hydrogen (secondary N) is 1. The van der Waals surface area contributed by atoms with E-state index in [0.29, 0.717) is 12.3 Å². The molecule has 0 bridgehead atoms. The number of aryl methyl sites for hydroxylation is 1. The van der Waals surface area contributed by atoms with E-state index in [1.54, 1.807) is 7.11 Å². The smallest absolute Gasteiger partial charge is 0.220 e. The van der Waals surface area contributed by atoms with E-state index in [2.05, 4.69) is 31.3 Å². The molecule has 0 aliphatic heterocycles. The summed E-state index contributed by atoms with van der Waals surface area (Å²) in [5.41, 5.74) is 2.31. The van der Waals surface area contributed by atoms with Crippen molar-refractivity contribution in [1.29, 1.82) is 0 Å². The molecule has 0 fully saturated rings. The van der Waals surface area contributed by atoms with Gasteiger partial charge in [-0.15, -0.1) is 0 Å². The Hall–Kier alpha value is -2.29. The van der Waals surface area contributed by atoms with Crippen molar-refractivity contribution in [1.82, 2.24) is 5.32 Å². The highest BCUT2D eigenvalue weighted by Crippen LogP contribution is 2.23. The molecule has 0 radical (unpaired) electrons. The van der Waals surface area contributed by atoms with Crippen LogP contribution in [-0.4, -0.2) is 13.0 Å². The van der Waals surface area contributed by atoms with Crippen LogP contribution in [-0.2, 0) is 11.2 Å². The molecular formula is C21H27NO2. The molecule has 2 aromatic carbocycles. The number of ether oxygens (including phenoxy) is 1. The first-order valence-corrected chi connectivity index (χ1v) is 8.55. The summed E-state index contributed by atoms with van der Waals surface area (Å²) in [5.74, 6) is 1.43. The Labute approximate surface area is 145 Å². The summed E-state index contributed by atoms with van der Waals surface area (Å²) in [6.45, 7) is 4.35. The Morgan fingerprint density at radius 1 is 1.04 bits per heavy atom. The molecule has 2 aromatic rings. The van der Waals surface area contributed by atoms with Gasteiger partial charge in [0, 0.05) is 6.42 Å². The molecule has 2 rings (SSSR count). The first-order chi connectivity index (χ1) is 11.6. The summed E-state index contributed by atoms with van der Waals surface area (Å²) in [7, 11) is 1.66. The van der Waals surface area contributed by atoms with Crippen LogP contribution < -0.4 is 10.1 Å². The molecule has 24 heavy (non-hydrogen) atoms. The fourth-order valence-corrected chi connectivity index (χ4v) is 2.76. The lowest BCUT2D eigenvalue weighted by Crippen LogP contribution is -2.29. The number of methoxy groups -OCH3 is 1. The quantitative estimate of drug-likeness (QED) is 0.774. The predicted molar refractivity (Wildman–Crippen MR) is 98.1 cm³/mol. The minimum absolute atomic E-state index is 0.0409. The van der Waals surface area contributed by atoms with Crippen LogP contribution in [0.15, 0.2) is 54.6 Å². The van der Waals surface area contributed by atoms with Crippen molar-refractivity contribution in [2.75, 3.05) is 7.11 Å². The molecule has 0 unspecified atom stereocenters. The normalized spacial score (nSPS) is 12.0. The van der Waals surface area contributed by atoms with Gasteiger partial charge in [0.15, 0.2) is 0 Å². The average molecular weight is 325 g/mol. The van der Waals surface area contributed by atoms with Gasteiger partial charge in [-0.25, -0.2) is 0 Å². The monoisotopic (exact) mass is 325 g/mol. The van der Waals surface area contributed by atoms with Gasteiger partial charge in [0.25, 0.3) is 0 Å². The van der Waals surface area contributed by atoms with E-state index in [9.17, 15) is 4.79 Å². The Morgan fingerprint density at radius 2 is 1.71 bits per heavy atom. The van der Waals surface area contributed by atoms with Crippen molar-refractivity contribution in [3.63, 3.8) is 0 Å². The summed E-state index contributed by atoms with van der Waals surface area (Å²) >= 11 is 0. The van der Waals surface area contributed by atoms with E-state index in [1.807, 2.05) is 42.5 Å². The molecule has 0 aromatic heterocycles. The zero-order valence-corrected chi connectivity index (χ0v) is 14.8. The average Bonchev–Trinajstić information content (AvgIpc) is 2.60. The van der Waals surface area contributed by atoms with Crippen LogP contribution in [0, 0.1) is 5.92 Å². The summed E-state index contributed by atoms with van der Waals surface area (Å²) in [5, 5.41) is 3.19. The summed E-state index contributed by atoms with van der Waals surface area (Å²) in [4.78, 5) is 12.4. The fraction of sp³-hybridized carbons (Fsp3) is 0.381. The third kappa shape index (κ3) is 5.73. The second-order valence-corrected chi connectivity index (χ2v) is 6.51. The second-order valence-electron chi connectivity index (χ2n) is 6.51. The molecular weight excluding hydrogens is 298 g/mol. The van der Waals surface area contributed by atoms with Gasteiger partial charge in [-0.2, -0.15) is 0 Å². The molecule has 128 valence electrons. The van der Waals surface area contributed by atoms with Gasteiger partial charge in [0.2, 0.25) is 5.91 Å². The number of hydrogen-bond donors (Lipinski definition) is 1. The third-order valence-corrected chi connectivity index (χ3v) is 4.04. The lowest BCUT2D eigenvalue weighted by Gasteiger charge is -2.21. The molecule has 0 spiro atoms. The highest BCUT2D eigenvalue weighted by molar-refractivity contribution is 5.76. The molecule has 1 N–H and O–H groups in total. The molecule has 3 nitrogen and oxygen atoms in total. The first kappa shape index (κ1) is 18.1. The SMILES string of the molecule is COc1ccc([C@@H](CC(C)C)NC(=O)CCc2ccccc2)cc1. The van der Waals surface area contributed by atoms with Crippen molar-refractivity contribution in [3.05, 3.63) is 65.7 Å². The topological polar surface area (TPSA) is 38.3 Å². The van der Waals surface area contributed by atoms with Crippen LogP contribution in [0.1, 0.15) is 43.9 Å². The van der Waals surface area contributed by atoms with E-state index in [1.165, 1.54) is 5.56 Å². The number of rotatable bonds is 8. The zero-order chi connectivity index (χ0) is 17.4. The predicted octanol–water partition coefficient (Wildman–Crippen LogP) is 4.53. The Kier molecular flexibility index (Phi) is 6.86. The molecule has 0 aliphatic rings. The van der Waals surface area contributed by atoms with Gasteiger partial charge < -0.3 is 10.1 Å². The van der Waals surface area contributed by atoms with E-state index in [-0.39, 0.29) is 11.9 Å². The second kappa shape index (κ2) is 9.11. The van der Waals surface area contributed by atoms with Crippen LogP contribution >= 0.6 is 0 Å². The van der Waals surface area contributed by atoms with Crippen molar-refractivity contribution in [2.24, 2.45) is 5.92 Å². The molecule has 0 saturated heterocycles. The first-order valence-electron chi connectivity index (χ1n) is 8.55. The van der Waals surface area contributed by atoms with Gasteiger partial charge in [-0.3, -0.25) is 4.79 Å². The van der Waals surface area contributed by atoms with Crippen molar-refractivity contribution in [2.45, 2.75) is 39.2 Å². The van der Waals surface area contributed by atoms with Gasteiger partial charge in [0.1, 0.15) is 5.75 Å². The van der Waals surface area contributed by atoms with Gasteiger partial charge in [-0.05, 0) is 42.0 Å². The summed E-state index contributed by atoms with van der Waals surface area (Å²) in [6.07, 6.45) is 2.20. The standard InChI is InChI=1S/C21H27NO2/c1-16(2)15-20(18-10-12-19(24-3)13-11-18)22-21(23)14-9-17-7-5-4-6-8-17/h4-8,10-13,16,20H,9,14-15H2,1-3H3,(H,22,23)/t20-/m1/s1. The van der Waals surface area contributed by atoms with Gasteiger partial charge in [0.05, 0.1) is 13.2 Å². The summed E-state index contributed by atoms with van der Waals surface area (Å²) in [6, 6.07) is 18.1. The maximum Gasteiger partial charge on any atom is 0.220 e. The molecule has 0 heterocycles. The molecule has 0 aliphatic carbocycles. The number of amides is 1. The number of hydrogen-bond acceptors (Lipinski definition) is 2. The minimum atomic E-state index is 0.0409. The maximum absolute atomic E-state index is 12.4. The van der Waals surface area contributed by atoms with Crippen LogP contribution in [0.2, 0.25) is 0 Å². The number of carbonyl (C=O) groups is 1. The summed E-state index contributed by atoms with van der Waals surface area (Å²) < 4.78 is 5.21. The van der Waals surface area contributed by atoms with E-state index in [0.717, 1.165) is 24.2 Å². The van der Waals surface area contributed by atoms with E-state index in [4.69, 9.17) is 4.74 Å². The van der Waals surface area contributed by atoms with Crippen molar-refractivity contribution < 1.29 is 9.53 Å². The van der Waals surface area contributed by atoms with Crippen molar-refractivity contribution in [3.8, 4) is 5.75 Å². The van der Waals surface area contributed by atoms with E-state index >= 15 is 0 Å². The van der Waals surface area contributed by atoms with Gasteiger partial charge in [-0.1, -0.05) is 56.3 Å². The lowest BCUT2D eigenvalue weighted by molar-refractivity contribution is -0.121. The van der Waals surface area contributed by atoms with E-state index < -0.39 is 0 Å². The number of benzene rings is 2. The highest BCUT2D eigenvalue weighted by Gasteiger charge is 2.16. The Balaban J connectivity index is 1.97. The molecule has 3 heteroatoms. The van der Waals surface area contributed by atoms with Crippen LogP contribution in [0.3, 0.4) is 0 Å². The number of carbonyl (C=O) groups excluding carboxylic acids is 1. The largest absolute Gasteiger partial charge is 0.497 e. The lowest BCUT2D eigenvalue weighted by atomic mass is 9.96. The maximum atomic E-state index is 12.4. The van der Waals surface area contributed by atoms with Gasteiger partial charge >= 0.3 is 0 Å². The Bertz CT molecular complexity index is 620. The molecule has 0 saturated carbocycles. The van der Waals surface area contributed by atoms with Crippen LogP contribution in [0.5, 0.6) is 5.75 Å². The highest BCUT2D eigenvalue weighted by atomic mass is 16.5. The zero-order valence-electron chi connectivity index (χ0n) is 14.8. The van der Waals surface area contributed by atoms with Crippen LogP contribution in [0.4, 0.5) is 0 Å². The van der Waals surface area contributed by atoms with Crippen LogP contribution in [0.25, 0.3) is 0 Å². The minimum Gasteiger partial charge on any atom is -0.497 e. The molecule has 1 amide bonds. The fourth-order valence-electron chi connectivity index (χ4n) is 2.76. The Morgan fingerprint density at radius 3 is 2.29 bits per heavy atom. The van der Waals surface area contributed by atoms with Crippen molar-refractivity contribution >= 4 is 5.91 Å². The molecule has 1 atom stereocenters.